The van der Waals surface area contributed by atoms with Crippen molar-refractivity contribution in [3.05, 3.63) is 30.3 Å². The highest BCUT2D eigenvalue weighted by Crippen LogP contribution is 2.03. The lowest BCUT2D eigenvalue weighted by molar-refractivity contribution is -0.118. The Bertz CT molecular complexity index is 349. The van der Waals surface area contributed by atoms with Crippen molar-refractivity contribution in [2.24, 2.45) is 16.7 Å². The molecular formula is C9H13N5O. The Kier molecular flexibility index (Phi) is 3.96. The molecule has 0 aliphatic heterocycles. The highest BCUT2D eigenvalue weighted by Gasteiger charge is 2.01. The number of nitrogens with two attached hydrogens (primary N) is 2. The molecule has 1 aromatic carbocycles. The van der Waals surface area contributed by atoms with Crippen LogP contribution in [0.2, 0.25) is 0 Å². The Hall–Kier alpha value is -2.24. The molecule has 0 aromatic heterocycles. The van der Waals surface area contributed by atoms with E-state index in [0.29, 0.717) is 0 Å². The number of hydrogen-bond donors (Lipinski definition) is 4. The first kappa shape index (κ1) is 10.8. The molecule has 0 heterocycles. The standard InChI is InChI=1S/C9H13N5O/c10-9(14-11)13-8(15)6-12-7-4-2-1-3-5-7/h1-5,12H,6,11H2,(H3,10,13,14,15). The van der Waals surface area contributed by atoms with Crippen molar-refractivity contribution in [3.8, 4) is 0 Å². The van der Waals surface area contributed by atoms with Crippen LogP contribution in [0.1, 0.15) is 0 Å². The van der Waals surface area contributed by atoms with Crippen LogP contribution in [0.4, 0.5) is 5.69 Å². The maximum Gasteiger partial charge on any atom is 0.245 e. The summed E-state index contributed by atoms with van der Waals surface area (Å²) in [6.45, 7) is 0.111. The zero-order chi connectivity index (χ0) is 11.1. The van der Waals surface area contributed by atoms with Crippen LogP contribution >= 0.6 is 0 Å². The van der Waals surface area contributed by atoms with Crippen LogP contribution in [0.15, 0.2) is 35.4 Å². The van der Waals surface area contributed by atoms with Gasteiger partial charge in [-0.2, -0.15) is 0 Å². The Morgan fingerprint density at radius 2 is 2.00 bits per heavy atom. The van der Waals surface area contributed by atoms with Gasteiger partial charge in [-0.25, -0.2) is 0 Å². The Labute approximate surface area is 87.3 Å². The van der Waals surface area contributed by atoms with Gasteiger partial charge in [-0.15, -0.1) is 5.10 Å². The maximum absolute atomic E-state index is 11.2. The molecule has 0 bridgehead atoms. The molecule has 6 nitrogen and oxygen atoms in total. The molecule has 0 saturated carbocycles. The molecule has 15 heavy (non-hydrogen) atoms. The molecule has 0 atom stereocenters. The summed E-state index contributed by atoms with van der Waals surface area (Å²) in [4.78, 5) is 11.2. The van der Waals surface area contributed by atoms with Crippen LogP contribution < -0.4 is 22.2 Å². The fraction of sp³-hybridized carbons (Fsp3) is 0.111. The van der Waals surface area contributed by atoms with E-state index in [-0.39, 0.29) is 18.4 Å². The minimum Gasteiger partial charge on any atom is -0.376 e. The lowest BCUT2D eigenvalue weighted by Gasteiger charge is -2.06. The molecule has 6 heteroatoms. The predicted molar refractivity (Wildman–Crippen MR) is 58.9 cm³/mol. The molecule has 1 amide bonds. The number of benzene rings is 1. The van der Waals surface area contributed by atoms with Gasteiger partial charge < -0.3 is 16.9 Å². The van der Waals surface area contributed by atoms with E-state index < -0.39 is 0 Å². The van der Waals surface area contributed by atoms with Gasteiger partial charge in [0.1, 0.15) is 0 Å². The summed E-state index contributed by atoms with van der Waals surface area (Å²) >= 11 is 0. The number of hydrogen-bond acceptors (Lipinski definition) is 4. The highest BCUT2D eigenvalue weighted by molar-refractivity contribution is 5.97. The summed E-state index contributed by atoms with van der Waals surface area (Å²) in [6, 6.07) is 9.34. The summed E-state index contributed by atoms with van der Waals surface area (Å²) in [5.74, 6) is 4.45. The number of amides is 1. The quantitative estimate of drug-likeness (QED) is 0.230. The number of carbonyl (C=O) groups excluding carboxylic acids is 1. The van der Waals surface area contributed by atoms with Gasteiger partial charge in [0.05, 0.1) is 6.54 Å². The molecule has 1 aromatic rings. The minimum absolute atomic E-state index is 0.102. The topological polar surface area (TPSA) is 106 Å². The number of nitrogens with one attached hydrogen (secondary N) is 2. The number of rotatable bonds is 3. The third kappa shape index (κ3) is 3.99. The molecule has 0 saturated heterocycles. The van der Waals surface area contributed by atoms with Crippen LogP contribution in [-0.2, 0) is 4.79 Å². The minimum atomic E-state index is -0.300. The first-order chi connectivity index (χ1) is 7.22. The van der Waals surface area contributed by atoms with E-state index in [4.69, 9.17) is 11.6 Å². The molecule has 80 valence electrons. The number of guanidine groups is 1. The van der Waals surface area contributed by atoms with E-state index in [0.717, 1.165) is 5.69 Å². The van der Waals surface area contributed by atoms with E-state index in [1.54, 1.807) is 0 Å². The second kappa shape index (κ2) is 5.48. The summed E-state index contributed by atoms with van der Waals surface area (Å²) < 4.78 is 0. The molecule has 0 aliphatic rings. The Balaban J connectivity index is 2.35. The zero-order valence-electron chi connectivity index (χ0n) is 8.10. The molecule has 1 rings (SSSR count). The van der Waals surface area contributed by atoms with Crippen molar-refractivity contribution in [1.29, 1.82) is 0 Å². The van der Waals surface area contributed by atoms with Crippen LogP contribution in [0.5, 0.6) is 0 Å². The van der Waals surface area contributed by atoms with Crippen molar-refractivity contribution in [2.75, 3.05) is 11.9 Å². The molecule has 6 N–H and O–H groups in total. The molecule has 0 fully saturated rings. The van der Waals surface area contributed by atoms with Gasteiger partial charge >= 0.3 is 0 Å². The smallest absolute Gasteiger partial charge is 0.245 e. The summed E-state index contributed by atoms with van der Waals surface area (Å²) in [5, 5.41) is 8.33. The predicted octanol–water partition coefficient (Wildman–Crippen LogP) is -0.597. The first-order valence-electron chi connectivity index (χ1n) is 4.34. The summed E-state index contributed by atoms with van der Waals surface area (Å²) in [6.07, 6.45) is 0. The summed E-state index contributed by atoms with van der Waals surface area (Å²) in [5.41, 5.74) is 6.07. The zero-order valence-corrected chi connectivity index (χ0v) is 8.10. The van der Waals surface area contributed by atoms with Gasteiger partial charge in [-0.3, -0.25) is 10.1 Å². The molecular weight excluding hydrogens is 194 g/mol. The molecule has 0 unspecified atom stereocenters. The highest BCUT2D eigenvalue weighted by atomic mass is 16.2. The van der Waals surface area contributed by atoms with Gasteiger partial charge in [-0.05, 0) is 12.1 Å². The largest absolute Gasteiger partial charge is 0.376 e. The number of hydrazone groups is 1. The molecule has 0 radical (unpaired) electrons. The molecule has 0 aliphatic carbocycles. The van der Waals surface area contributed by atoms with Gasteiger partial charge in [-0.1, -0.05) is 18.2 Å². The summed E-state index contributed by atoms with van der Waals surface area (Å²) in [7, 11) is 0. The maximum atomic E-state index is 11.2. The lowest BCUT2D eigenvalue weighted by atomic mass is 10.3. The number of para-hydroxylation sites is 1. The first-order valence-corrected chi connectivity index (χ1v) is 4.34. The normalized spacial score (nSPS) is 10.8. The van der Waals surface area contributed by atoms with Gasteiger partial charge in [0.2, 0.25) is 11.9 Å². The van der Waals surface area contributed by atoms with Crippen molar-refractivity contribution >= 4 is 17.6 Å². The van der Waals surface area contributed by atoms with E-state index in [1.165, 1.54) is 0 Å². The van der Waals surface area contributed by atoms with Gasteiger partial charge in [0.15, 0.2) is 0 Å². The fourth-order valence-electron chi connectivity index (χ4n) is 0.958. The SMILES string of the molecule is N/N=C(\N)NC(=O)CNc1ccccc1. The number of anilines is 1. The Morgan fingerprint density at radius 3 is 2.60 bits per heavy atom. The fourth-order valence-corrected chi connectivity index (χ4v) is 0.958. The van der Waals surface area contributed by atoms with E-state index in [1.807, 2.05) is 30.3 Å². The number of nitrogens with zero attached hydrogens (tertiary/aromatic N) is 1. The van der Waals surface area contributed by atoms with Crippen molar-refractivity contribution in [2.45, 2.75) is 0 Å². The van der Waals surface area contributed by atoms with Gasteiger partial charge in [0.25, 0.3) is 0 Å². The van der Waals surface area contributed by atoms with Gasteiger partial charge in [0, 0.05) is 5.69 Å². The van der Waals surface area contributed by atoms with Crippen molar-refractivity contribution in [1.82, 2.24) is 5.32 Å². The average molecular weight is 207 g/mol. The average Bonchev–Trinajstić information content (AvgIpc) is 2.27. The van der Waals surface area contributed by atoms with Crippen LogP contribution in [-0.4, -0.2) is 18.4 Å². The lowest BCUT2D eigenvalue weighted by Crippen LogP contribution is -2.40. The van der Waals surface area contributed by atoms with Crippen LogP contribution in [0.25, 0.3) is 0 Å². The van der Waals surface area contributed by atoms with Crippen LogP contribution in [0, 0.1) is 0 Å². The van der Waals surface area contributed by atoms with Crippen molar-refractivity contribution in [3.63, 3.8) is 0 Å². The van der Waals surface area contributed by atoms with E-state index in [9.17, 15) is 4.79 Å². The Morgan fingerprint density at radius 1 is 1.33 bits per heavy atom. The monoisotopic (exact) mass is 207 g/mol. The third-order valence-corrected chi connectivity index (χ3v) is 1.63. The van der Waals surface area contributed by atoms with Crippen LogP contribution in [0.3, 0.4) is 0 Å². The second-order valence-corrected chi connectivity index (χ2v) is 2.78. The second-order valence-electron chi connectivity index (χ2n) is 2.78. The van der Waals surface area contributed by atoms with Crippen molar-refractivity contribution < 1.29 is 4.79 Å². The third-order valence-electron chi connectivity index (χ3n) is 1.63. The molecule has 0 spiro atoms. The van der Waals surface area contributed by atoms with E-state index >= 15 is 0 Å². The number of carbonyl (C=O) groups is 1. The van der Waals surface area contributed by atoms with E-state index in [2.05, 4.69) is 15.7 Å².